The predicted molar refractivity (Wildman–Crippen MR) is 68.5 cm³/mol. The summed E-state index contributed by atoms with van der Waals surface area (Å²) in [5.74, 6) is 0. The smallest absolute Gasteiger partial charge is 0.371 e. The van der Waals surface area contributed by atoms with Crippen molar-refractivity contribution in [3.05, 3.63) is 29.8 Å². The molecule has 0 amide bonds. The van der Waals surface area contributed by atoms with Crippen LogP contribution >= 0.6 is 7.14 Å². The molecule has 1 heterocycles. The van der Waals surface area contributed by atoms with Gasteiger partial charge < -0.3 is 5.11 Å². The molecule has 3 heteroatoms. The molecule has 1 fully saturated rings. The second-order valence-corrected chi connectivity index (χ2v) is 7.74. The molecule has 2 rings (SSSR count). The summed E-state index contributed by atoms with van der Waals surface area (Å²) in [6.45, 7) is 0.219. The molecule has 1 aliphatic rings. The van der Waals surface area contributed by atoms with Gasteiger partial charge in [0.2, 0.25) is 0 Å². The molecule has 0 spiro atoms. The van der Waals surface area contributed by atoms with Crippen LogP contribution in [0.15, 0.2) is 24.3 Å². The van der Waals surface area contributed by atoms with Gasteiger partial charge in [0.1, 0.15) is 0 Å². The van der Waals surface area contributed by atoms with Gasteiger partial charge in [-0.3, -0.25) is 0 Å². The number of hydrogen-bond acceptors (Lipinski definition) is 1. The Kier molecular flexibility index (Phi) is 3.48. The van der Waals surface area contributed by atoms with E-state index in [-0.39, 0.29) is 6.61 Å². The van der Waals surface area contributed by atoms with E-state index in [0.717, 1.165) is 6.42 Å². The first-order chi connectivity index (χ1) is 7.26. The van der Waals surface area contributed by atoms with E-state index in [4.69, 9.17) is 12.7 Å². The van der Waals surface area contributed by atoms with Crippen LogP contribution in [0.4, 0.5) is 0 Å². The van der Waals surface area contributed by atoms with E-state index in [9.17, 15) is 0 Å². The van der Waals surface area contributed by atoms with Crippen molar-refractivity contribution in [3.63, 3.8) is 0 Å². The fourth-order valence-electron chi connectivity index (χ4n) is 2.42. The maximum absolute atomic E-state index is 9.04. The Morgan fingerprint density at radius 2 is 1.87 bits per heavy atom. The Bertz CT molecular complexity index is 334. The summed E-state index contributed by atoms with van der Waals surface area (Å²) >= 11 is 0. The molecule has 0 aromatic heterocycles. The molecule has 1 N–H and O–H groups in total. The van der Waals surface area contributed by atoms with Gasteiger partial charge >= 0.3 is 7.57 Å². The number of hydrogen-bond donors (Lipinski definition) is 1. The number of rotatable bonds is 3. The summed E-state index contributed by atoms with van der Waals surface area (Å²) in [4.78, 5) is 0. The van der Waals surface area contributed by atoms with Crippen LogP contribution in [0.5, 0.6) is 0 Å². The molecule has 1 aromatic rings. The Morgan fingerprint density at radius 3 is 2.53 bits per heavy atom. The number of aliphatic hydroxyl groups is 1. The third-order valence-electron chi connectivity index (χ3n) is 3.22. The van der Waals surface area contributed by atoms with Crippen LogP contribution < -0.4 is 5.30 Å². The van der Waals surface area contributed by atoms with Crippen molar-refractivity contribution in [2.24, 2.45) is 0 Å². The van der Waals surface area contributed by atoms with Crippen LogP contribution in [-0.2, 0) is 6.42 Å². The zero-order valence-corrected chi connectivity index (χ0v) is 9.92. The summed E-state index contributed by atoms with van der Waals surface area (Å²) in [6.07, 6.45) is 5.68. The average Bonchev–Trinajstić information content (AvgIpc) is 2.68. The van der Waals surface area contributed by atoms with Crippen molar-refractivity contribution < 1.29 is 5.11 Å². The van der Waals surface area contributed by atoms with Gasteiger partial charge in [-0.15, -0.1) is 0 Å². The summed E-state index contributed by atoms with van der Waals surface area (Å²) in [7, 11) is 5.19. The van der Waals surface area contributed by atoms with Crippen molar-refractivity contribution in [1.82, 2.24) is 0 Å². The van der Waals surface area contributed by atoms with Gasteiger partial charge in [-0.1, -0.05) is 18.2 Å². The molecule has 1 aliphatic heterocycles. The molecule has 0 saturated carbocycles. The number of aliphatic hydroxyl groups excluding tert-OH is 1. The minimum absolute atomic E-state index is 0.219. The van der Waals surface area contributed by atoms with Crippen molar-refractivity contribution in [2.75, 3.05) is 18.9 Å². The lowest BCUT2D eigenvalue weighted by atomic mass is 10.2. The third kappa shape index (κ3) is 2.27. The highest BCUT2D eigenvalue weighted by Crippen LogP contribution is 2.58. The van der Waals surface area contributed by atoms with E-state index in [0.29, 0.717) is 0 Å². The van der Waals surface area contributed by atoms with Crippen LogP contribution in [0.3, 0.4) is 0 Å². The van der Waals surface area contributed by atoms with E-state index in [1.54, 1.807) is 0 Å². The topological polar surface area (TPSA) is 20.2 Å². The van der Waals surface area contributed by atoms with E-state index >= 15 is 0 Å². The normalized spacial score (nSPS) is 19.3. The maximum Gasteiger partial charge on any atom is 0.371 e. The second kappa shape index (κ2) is 4.68. The lowest BCUT2D eigenvalue weighted by molar-refractivity contribution is 0.300. The van der Waals surface area contributed by atoms with Gasteiger partial charge in [0.25, 0.3) is 0 Å². The first kappa shape index (κ1) is 11.2. The quantitative estimate of drug-likeness (QED) is 0.606. The Morgan fingerprint density at radius 1 is 1.20 bits per heavy atom. The van der Waals surface area contributed by atoms with Gasteiger partial charge in [-0.2, -0.15) is 0 Å². The lowest BCUT2D eigenvalue weighted by Gasteiger charge is -2.20. The first-order valence-electron chi connectivity index (χ1n) is 5.61. The van der Waals surface area contributed by atoms with Crippen LogP contribution in [-0.4, -0.2) is 31.6 Å². The van der Waals surface area contributed by atoms with Gasteiger partial charge in [-0.05, 0) is 38.0 Å². The predicted octanol–water partition coefficient (Wildman–Crippen LogP) is 1.74. The average molecular weight is 219 g/mol. The number of benzene rings is 1. The molecule has 0 atom stereocenters. The van der Waals surface area contributed by atoms with E-state index in [1.165, 1.54) is 36.0 Å². The van der Waals surface area contributed by atoms with Crippen LogP contribution in [0.2, 0.25) is 0 Å². The van der Waals surface area contributed by atoms with Crippen molar-refractivity contribution >= 4 is 20.0 Å². The zero-order valence-electron chi connectivity index (χ0n) is 9.02. The van der Waals surface area contributed by atoms with Crippen LogP contribution in [0.25, 0.3) is 0 Å². The molecule has 0 unspecified atom stereocenters. The molecular formula is C12H17BOP+. The molecule has 2 radical (unpaired) electrons. The SMILES string of the molecule is [B][P+]1(c2ccccc2CCO)CCCC1. The molecule has 78 valence electrons. The zero-order chi connectivity index (χ0) is 10.7. The fraction of sp³-hybridized carbons (Fsp3) is 0.500. The highest BCUT2D eigenvalue weighted by Gasteiger charge is 2.39. The molecule has 1 nitrogen and oxygen atoms in total. The molecule has 0 bridgehead atoms. The summed E-state index contributed by atoms with van der Waals surface area (Å²) < 4.78 is 0. The highest BCUT2D eigenvalue weighted by molar-refractivity contribution is 8.03. The van der Waals surface area contributed by atoms with Gasteiger partial charge in [0.15, 0.2) is 0 Å². The molecular weight excluding hydrogens is 202 g/mol. The maximum atomic E-state index is 9.04. The van der Waals surface area contributed by atoms with E-state index in [1.807, 2.05) is 6.07 Å². The Hall–Kier alpha value is -0.325. The molecule has 1 saturated heterocycles. The minimum atomic E-state index is -1.35. The van der Waals surface area contributed by atoms with E-state index in [2.05, 4.69) is 18.2 Å². The largest absolute Gasteiger partial charge is 0.396 e. The monoisotopic (exact) mass is 219 g/mol. The second-order valence-electron chi connectivity index (χ2n) is 4.29. The Balaban J connectivity index is 2.33. The third-order valence-corrected chi connectivity index (χ3v) is 6.84. The van der Waals surface area contributed by atoms with Crippen LogP contribution in [0.1, 0.15) is 18.4 Å². The lowest BCUT2D eigenvalue weighted by Crippen LogP contribution is -2.18. The van der Waals surface area contributed by atoms with Crippen molar-refractivity contribution in [3.8, 4) is 0 Å². The van der Waals surface area contributed by atoms with Gasteiger partial charge in [0, 0.05) is 18.9 Å². The van der Waals surface area contributed by atoms with Gasteiger partial charge in [-0.25, -0.2) is 0 Å². The minimum Gasteiger partial charge on any atom is -0.396 e. The van der Waals surface area contributed by atoms with Crippen molar-refractivity contribution in [2.45, 2.75) is 19.3 Å². The molecule has 15 heavy (non-hydrogen) atoms. The molecule has 0 aliphatic carbocycles. The summed E-state index contributed by atoms with van der Waals surface area (Å²) in [5, 5.41) is 10.4. The summed E-state index contributed by atoms with van der Waals surface area (Å²) in [6, 6.07) is 8.39. The summed E-state index contributed by atoms with van der Waals surface area (Å²) in [5.41, 5.74) is 1.26. The highest BCUT2D eigenvalue weighted by atomic mass is 31.2. The fourth-order valence-corrected chi connectivity index (χ4v) is 5.84. The first-order valence-corrected chi connectivity index (χ1v) is 7.84. The van der Waals surface area contributed by atoms with Gasteiger partial charge in [0.05, 0.1) is 5.30 Å². The standard InChI is InChI=1S/C12H17BOP/c13-15(9-3-4-10-15)12-6-2-1-5-11(12)7-8-14/h1-2,5-6,14H,3-4,7-10H2/q+1. The molecule has 1 aromatic carbocycles. The van der Waals surface area contributed by atoms with E-state index < -0.39 is 7.14 Å². The Labute approximate surface area is 93.6 Å². The van der Waals surface area contributed by atoms with Crippen molar-refractivity contribution in [1.29, 1.82) is 0 Å². The van der Waals surface area contributed by atoms with Crippen LogP contribution in [0, 0.1) is 0 Å².